The van der Waals surface area contributed by atoms with E-state index >= 15 is 0 Å². The Morgan fingerprint density at radius 1 is 1.40 bits per heavy atom. The highest BCUT2D eigenvalue weighted by Crippen LogP contribution is 2.23. The molecule has 1 saturated heterocycles. The predicted octanol–water partition coefficient (Wildman–Crippen LogP) is 1.98. The number of nitrogens with one attached hydrogen (secondary N) is 1. The number of aromatic nitrogens is 3. The normalized spacial score (nSPS) is 16.4. The largest absolute Gasteiger partial charge is 0.352 e. The van der Waals surface area contributed by atoms with Gasteiger partial charge in [-0.25, -0.2) is 0 Å². The SMILES string of the molecule is C=CCNC(=O)[C@H](C)Sc1nnc(CN2CCCCCC2=O)n1CC. The Morgan fingerprint density at radius 2 is 2.20 bits per heavy atom. The molecular formula is C17H27N5O2S. The Kier molecular flexibility index (Phi) is 7.49. The first-order valence-electron chi connectivity index (χ1n) is 8.82. The Labute approximate surface area is 153 Å². The molecule has 1 aromatic rings. The third-order valence-electron chi connectivity index (χ3n) is 4.19. The Hall–Kier alpha value is -1.83. The number of thioether (sulfide) groups is 1. The third kappa shape index (κ3) is 5.32. The maximum atomic E-state index is 12.2. The van der Waals surface area contributed by atoms with Crippen LogP contribution in [0.2, 0.25) is 0 Å². The maximum absolute atomic E-state index is 12.2. The van der Waals surface area contributed by atoms with E-state index in [1.54, 1.807) is 6.08 Å². The average Bonchev–Trinajstić information content (AvgIpc) is 2.86. The molecule has 1 atom stereocenters. The number of nitrogens with zero attached hydrogens (tertiary/aromatic N) is 4. The van der Waals surface area contributed by atoms with Crippen molar-refractivity contribution in [1.82, 2.24) is 25.0 Å². The molecule has 0 unspecified atom stereocenters. The van der Waals surface area contributed by atoms with Crippen molar-refractivity contribution >= 4 is 23.6 Å². The highest BCUT2D eigenvalue weighted by Gasteiger charge is 2.22. The van der Waals surface area contributed by atoms with Crippen molar-refractivity contribution in [3.8, 4) is 0 Å². The number of carbonyl (C=O) groups is 2. The molecule has 1 aliphatic heterocycles. The minimum absolute atomic E-state index is 0.0557. The van der Waals surface area contributed by atoms with Gasteiger partial charge in [0.05, 0.1) is 11.8 Å². The van der Waals surface area contributed by atoms with Crippen molar-refractivity contribution in [1.29, 1.82) is 0 Å². The zero-order valence-electron chi connectivity index (χ0n) is 15.0. The quantitative estimate of drug-likeness (QED) is 0.563. The van der Waals surface area contributed by atoms with E-state index in [4.69, 9.17) is 0 Å². The predicted molar refractivity (Wildman–Crippen MR) is 98.1 cm³/mol. The van der Waals surface area contributed by atoms with Crippen molar-refractivity contribution in [2.75, 3.05) is 13.1 Å². The van der Waals surface area contributed by atoms with Gasteiger partial charge in [-0.2, -0.15) is 0 Å². The summed E-state index contributed by atoms with van der Waals surface area (Å²) in [6, 6.07) is 0. The van der Waals surface area contributed by atoms with E-state index < -0.39 is 0 Å². The summed E-state index contributed by atoms with van der Waals surface area (Å²) in [5.74, 6) is 0.910. The van der Waals surface area contributed by atoms with Crippen molar-refractivity contribution < 1.29 is 9.59 Å². The zero-order valence-corrected chi connectivity index (χ0v) is 15.8. The summed E-state index contributed by atoms with van der Waals surface area (Å²) in [7, 11) is 0. The number of likely N-dealkylation sites (tertiary alicyclic amines) is 1. The zero-order chi connectivity index (χ0) is 18.2. The average molecular weight is 366 g/mol. The van der Waals surface area contributed by atoms with E-state index in [2.05, 4.69) is 22.1 Å². The molecule has 1 aliphatic rings. The van der Waals surface area contributed by atoms with Crippen LogP contribution in [0.3, 0.4) is 0 Å². The van der Waals surface area contributed by atoms with Crippen LogP contribution < -0.4 is 5.32 Å². The minimum atomic E-state index is -0.276. The summed E-state index contributed by atoms with van der Waals surface area (Å²) in [6.45, 7) is 9.87. The first-order chi connectivity index (χ1) is 12.1. The van der Waals surface area contributed by atoms with E-state index in [0.717, 1.165) is 31.6 Å². The molecule has 0 saturated carbocycles. The van der Waals surface area contributed by atoms with Gasteiger partial charge in [0.1, 0.15) is 0 Å². The molecule has 1 aromatic heterocycles. The van der Waals surface area contributed by atoms with Crippen LogP contribution in [0.25, 0.3) is 0 Å². The maximum Gasteiger partial charge on any atom is 0.233 e. The summed E-state index contributed by atoms with van der Waals surface area (Å²) >= 11 is 1.38. The molecule has 7 nitrogen and oxygen atoms in total. The Morgan fingerprint density at radius 3 is 2.92 bits per heavy atom. The fourth-order valence-corrected chi connectivity index (χ4v) is 3.70. The standard InChI is InChI=1S/C17H27N5O2S/c1-4-10-18-16(24)13(3)25-17-20-19-14(22(17)5-2)12-21-11-8-6-7-9-15(21)23/h4,13H,1,5-12H2,2-3H3,(H,18,24)/t13-/m0/s1. The molecule has 0 aliphatic carbocycles. The van der Waals surface area contributed by atoms with E-state index in [-0.39, 0.29) is 17.1 Å². The molecule has 2 rings (SSSR count). The van der Waals surface area contributed by atoms with Crippen molar-refractivity contribution in [2.45, 2.75) is 63.0 Å². The summed E-state index contributed by atoms with van der Waals surface area (Å²) in [6.07, 6.45) is 5.37. The number of amides is 2. The highest BCUT2D eigenvalue weighted by atomic mass is 32.2. The van der Waals surface area contributed by atoms with Gasteiger partial charge < -0.3 is 14.8 Å². The van der Waals surface area contributed by atoms with Crippen LogP contribution in [0.1, 0.15) is 45.4 Å². The monoisotopic (exact) mass is 365 g/mol. The first kappa shape index (κ1) is 19.5. The molecule has 1 N–H and O–H groups in total. The molecule has 8 heteroatoms. The number of rotatable bonds is 8. The summed E-state index contributed by atoms with van der Waals surface area (Å²) in [5.41, 5.74) is 0. The molecule has 2 amide bonds. The van der Waals surface area contributed by atoms with Crippen LogP contribution in [0.5, 0.6) is 0 Å². The van der Waals surface area contributed by atoms with Gasteiger partial charge in [-0.15, -0.1) is 16.8 Å². The molecular weight excluding hydrogens is 338 g/mol. The third-order valence-corrected chi connectivity index (χ3v) is 5.27. The Balaban J connectivity index is 2.05. The van der Waals surface area contributed by atoms with E-state index in [9.17, 15) is 9.59 Å². The van der Waals surface area contributed by atoms with Crippen LogP contribution >= 0.6 is 11.8 Å². The Bertz CT molecular complexity index is 616. The second-order valence-electron chi connectivity index (χ2n) is 6.06. The van der Waals surface area contributed by atoms with Crippen LogP contribution in [0.15, 0.2) is 17.8 Å². The fraction of sp³-hybridized carbons (Fsp3) is 0.647. The fourth-order valence-electron chi connectivity index (χ4n) is 2.75. The van der Waals surface area contributed by atoms with Gasteiger partial charge in [-0.05, 0) is 26.7 Å². The topological polar surface area (TPSA) is 80.1 Å². The van der Waals surface area contributed by atoms with Gasteiger partial charge in [0.15, 0.2) is 11.0 Å². The van der Waals surface area contributed by atoms with Gasteiger partial charge >= 0.3 is 0 Å². The van der Waals surface area contributed by atoms with E-state index in [1.165, 1.54) is 11.8 Å². The lowest BCUT2D eigenvalue weighted by molar-refractivity contribution is -0.131. The molecule has 0 radical (unpaired) electrons. The smallest absolute Gasteiger partial charge is 0.233 e. The minimum Gasteiger partial charge on any atom is -0.352 e. The lowest BCUT2D eigenvalue weighted by atomic mass is 10.2. The summed E-state index contributed by atoms with van der Waals surface area (Å²) in [5, 5.41) is 11.7. The number of carbonyl (C=O) groups excluding carboxylic acids is 2. The van der Waals surface area contributed by atoms with Gasteiger partial charge in [0, 0.05) is 26.1 Å². The lowest BCUT2D eigenvalue weighted by Crippen LogP contribution is -2.31. The van der Waals surface area contributed by atoms with Gasteiger partial charge in [-0.1, -0.05) is 24.3 Å². The van der Waals surface area contributed by atoms with Crippen molar-refractivity contribution in [3.05, 3.63) is 18.5 Å². The molecule has 2 heterocycles. The summed E-state index contributed by atoms with van der Waals surface area (Å²) in [4.78, 5) is 26.1. The lowest BCUT2D eigenvalue weighted by Gasteiger charge is -2.20. The highest BCUT2D eigenvalue weighted by molar-refractivity contribution is 8.00. The molecule has 0 spiro atoms. The number of hydrogen-bond donors (Lipinski definition) is 1. The molecule has 0 aromatic carbocycles. The second kappa shape index (κ2) is 9.60. The van der Waals surface area contributed by atoms with Gasteiger partial charge in [0.25, 0.3) is 0 Å². The molecule has 1 fully saturated rings. The van der Waals surface area contributed by atoms with Crippen molar-refractivity contribution in [2.24, 2.45) is 0 Å². The van der Waals surface area contributed by atoms with Crippen LogP contribution in [-0.2, 0) is 22.7 Å². The summed E-state index contributed by atoms with van der Waals surface area (Å²) < 4.78 is 1.99. The van der Waals surface area contributed by atoms with Crippen molar-refractivity contribution in [3.63, 3.8) is 0 Å². The van der Waals surface area contributed by atoms with Crippen LogP contribution in [-0.4, -0.2) is 49.8 Å². The molecule has 138 valence electrons. The van der Waals surface area contributed by atoms with Crippen LogP contribution in [0.4, 0.5) is 0 Å². The number of hydrogen-bond acceptors (Lipinski definition) is 5. The molecule has 25 heavy (non-hydrogen) atoms. The van der Waals surface area contributed by atoms with E-state index in [1.807, 2.05) is 23.3 Å². The van der Waals surface area contributed by atoms with Gasteiger partial charge in [-0.3, -0.25) is 9.59 Å². The second-order valence-corrected chi connectivity index (χ2v) is 7.37. The first-order valence-corrected chi connectivity index (χ1v) is 9.69. The van der Waals surface area contributed by atoms with Crippen LogP contribution in [0, 0.1) is 0 Å². The molecule has 0 bridgehead atoms. The van der Waals surface area contributed by atoms with E-state index in [0.29, 0.717) is 31.2 Å². The van der Waals surface area contributed by atoms with Gasteiger partial charge in [0.2, 0.25) is 11.8 Å².